The summed E-state index contributed by atoms with van der Waals surface area (Å²) in [5.41, 5.74) is -1.25. The topological polar surface area (TPSA) is 112 Å². The lowest BCUT2D eigenvalue weighted by atomic mass is 9.60. The van der Waals surface area contributed by atoms with Gasteiger partial charge in [-0.05, 0) is 0 Å². The van der Waals surface area contributed by atoms with Crippen LogP contribution in [0.1, 0.15) is 29.6 Å². The van der Waals surface area contributed by atoms with E-state index in [0.717, 1.165) is 11.1 Å². The largest absolute Gasteiger partial charge is 0.329 e. The maximum atomic E-state index is 9.84. The van der Waals surface area contributed by atoms with Gasteiger partial charge in [0.25, 0.3) is 0 Å². The predicted octanol–water partition coefficient (Wildman–Crippen LogP) is 2.50. The van der Waals surface area contributed by atoms with Crippen molar-refractivity contribution in [2.24, 2.45) is 10.8 Å². The highest BCUT2D eigenvalue weighted by atomic mass is 15.0. The summed E-state index contributed by atoms with van der Waals surface area (Å²) < 4.78 is 0. The normalized spacial score (nSPS) is 22.8. The van der Waals surface area contributed by atoms with Gasteiger partial charge < -0.3 is 5.32 Å². The molecule has 0 spiro atoms. The SMILES string of the molecule is N#CC1(C#N)CC(C#N)(C#N)[C@H](c2ccccc2)[NH2+][C@@H]1c1ccccc1. The molecule has 1 heterocycles. The molecule has 2 aromatic carbocycles. The fraction of sp³-hybridized carbons (Fsp3) is 0.238. The van der Waals surface area contributed by atoms with Crippen molar-refractivity contribution in [1.29, 1.82) is 21.0 Å². The van der Waals surface area contributed by atoms with Crippen molar-refractivity contribution < 1.29 is 5.32 Å². The van der Waals surface area contributed by atoms with Crippen LogP contribution < -0.4 is 5.32 Å². The van der Waals surface area contributed by atoms with Crippen LogP contribution in [0.5, 0.6) is 0 Å². The van der Waals surface area contributed by atoms with E-state index in [0.29, 0.717) is 0 Å². The zero-order valence-electron chi connectivity index (χ0n) is 14.0. The van der Waals surface area contributed by atoms with E-state index in [4.69, 9.17) is 0 Å². The van der Waals surface area contributed by atoms with Gasteiger partial charge in [-0.3, -0.25) is 0 Å². The molecule has 2 N–H and O–H groups in total. The Morgan fingerprint density at radius 3 is 1.31 bits per heavy atom. The van der Waals surface area contributed by atoms with Crippen molar-refractivity contribution in [3.63, 3.8) is 0 Å². The van der Waals surface area contributed by atoms with Crippen LogP contribution in [0.4, 0.5) is 0 Å². The average Bonchev–Trinajstić information content (AvgIpc) is 2.74. The van der Waals surface area contributed by atoms with Gasteiger partial charge in [-0.2, -0.15) is 21.0 Å². The number of rotatable bonds is 2. The first-order chi connectivity index (χ1) is 12.6. The summed E-state index contributed by atoms with van der Waals surface area (Å²) in [6.45, 7) is 0. The highest BCUT2D eigenvalue weighted by Gasteiger charge is 2.61. The van der Waals surface area contributed by atoms with Crippen molar-refractivity contribution in [2.75, 3.05) is 0 Å². The number of quaternary nitrogens is 1. The lowest BCUT2D eigenvalue weighted by molar-refractivity contribution is -0.762. The van der Waals surface area contributed by atoms with E-state index in [1.807, 2.05) is 66.0 Å². The molecule has 5 nitrogen and oxygen atoms in total. The maximum absolute atomic E-state index is 9.84. The van der Waals surface area contributed by atoms with Crippen LogP contribution in [-0.2, 0) is 0 Å². The maximum Gasteiger partial charge on any atom is 0.201 e. The van der Waals surface area contributed by atoms with Gasteiger partial charge in [0.05, 0.1) is 24.3 Å². The highest BCUT2D eigenvalue weighted by Crippen LogP contribution is 2.49. The second-order valence-electron chi connectivity index (χ2n) is 6.54. The minimum Gasteiger partial charge on any atom is -0.329 e. The van der Waals surface area contributed by atoms with Gasteiger partial charge in [-0.25, -0.2) is 0 Å². The molecular formula is C21H16N5+. The summed E-state index contributed by atoms with van der Waals surface area (Å²) in [6, 6.07) is 26.2. The van der Waals surface area contributed by atoms with Gasteiger partial charge >= 0.3 is 0 Å². The third-order valence-electron chi connectivity index (χ3n) is 5.12. The molecule has 2 aromatic rings. The van der Waals surface area contributed by atoms with Crippen molar-refractivity contribution in [3.8, 4) is 24.3 Å². The number of nitriles is 4. The number of hydrogen-bond donors (Lipinski definition) is 1. The van der Waals surface area contributed by atoms with E-state index < -0.39 is 22.9 Å². The Morgan fingerprint density at radius 1 is 0.654 bits per heavy atom. The standard InChI is InChI=1S/C21H15N5/c22-12-20(13-23)11-21(14-24,15-25)19(17-9-5-2-6-10-17)26-18(20)16-7-3-1-4-8-16/h1-10,18-19,26H,11H2/p+1/t18-,19+. The Morgan fingerprint density at radius 2 is 1.00 bits per heavy atom. The smallest absolute Gasteiger partial charge is 0.201 e. The number of nitrogens with zero attached hydrogens (tertiary/aromatic N) is 4. The van der Waals surface area contributed by atoms with Crippen LogP contribution in [0.3, 0.4) is 0 Å². The quantitative estimate of drug-likeness (QED) is 0.906. The number of hydrogen-bond acceptors (Lipinski definition) is 4. The minimum atomic E-state index is -1.46. The monoisotopic (exact) mass is 338 g/mol. The number of piperidine rings is 1. The van der Waals surface area contributed by atoms with Crippen LogP contribution in [0.2, 0.25) is 0 Å². The van der Waals surface area contributed by atoms with Gasteiger partial charge in [-0.15, -0.1) is 0 Å². The van der Waals surface area contributed by atoms with Gasteiger partial charge in [-0.1, -0.05) is 60.7 Å². The lowest BCUT2D eigenvalue weighted by Gasteiger charge is -2.42. The molecule has 0 radical (unpaired) electrons. The lowest BCUT2D eigenvalue weighted by Crippen LogP contribution is -2.93. The molecule has 0 aliphatic carbocycles. The summed E-state index contributed by atoms with van der Waals surface area (Å²) in [4.78, 5) is 0. The molecule has 0 aromatic heterocycles. The number of benzene rings is 2. The molecule has 124 valence electrons. The average molecular weight is 338 g/mol. The van der Waals surface area contributed by atoms with Crippen molar-refractivity contribution >= 4 is 0 Å². The van der Waals surface area contributed by atoms with E-state index >= 15 is 0 Å². The zero-order chi connectivity index (χ0) is 18.6. The summed E-state index contributed by atoms with van der Waals surface area (Å²) in [5.74, 6) is 0. The molecule has 0 bridgehead atoms. The summed E-state index contributed by atoms with van der Waals surface area (Å²) in [5, 5.41) is 41.2. The Balaban J connectivity index is 2.19. The Kier molecular flexibility index (Phi) is 4.43. The van der Waals surface area contributed by atoms with Gasteiger partial charge in [0.1, 0.15) is 12.1 Å². The molecule has 0 amide bonds. The fourth-order valence-corrected chi connectivity index (χ4v) is 3.78. The molecule has 2 atom stereocenters. The molecule has 1 aliphatic heterocycles. The van der Waals surface area contributed by atoms with Crippen molar-refractivity contribution in [1.82, 2.24) is 0 Å². The fourth-order valence-electron chi connectivity index (χ4n) is 3.78. The van der Waals surface area contributed by atoms with Gasteiger partial charge in [0, 0.05) is 17.5 Å². The minimum absolute atomic E-state index is 0.115. The summed E-state index contributed by atoms with van der Waals surface area (Å²) in [7, 11) is 0. The van der Waals surface area contributed by atoms with E-state index in [1.165, 1.54) is 0 Å². The van der Waals surface area contributed by atoms with Crippen molar-refractivity contribution in [3.05, 3.63) is 71.8 Å². The second-order valence-corrected chi connectivity index (χ2v) is 6.54. The van der Waals surface area contributed by atoms with E-state index in [1.54, 1.807) is 0 Å². The van der Waals surface area contributed by atoms with Gasteiger partial charge in [0.15, 0.2) is 0 Å². The molecule has 1 aliphatic rings. The van der Waals surface area contributed by atoms with Crippen LogP contribution in [-0.4, -0.2) is 0 Å². The molecule has 1 fully saturated rings. The molecule has 0 unspecified atom stereocenters. The highest BCUT2D eigenvalue weighted by molar-refractivity contribution is 5.36. The Bertz CT molecular complexity index is 846. The van der Waals surface area contributed by atoms with E-state index in [-0.39, 0.29) is 6.42 Å². The summed E-state index contributed by atoms with van der Waals surface area (Å²) in [6.07, 6.45) is -0.115. The summed E-state index contributed by atoms with van der Waals surface area (Å²) >= 11 is 0. The van der Waals surface area contributed by atoms with Crippen LogP contribution in [0.15, 0.2) is 60.7 Å². The van der Waals surface area contributed by atoms with Gasteiger partial charge in [0.2, 0.25) is 10.8 Å². The number of nitrogens with two attached hydrogens (primary N) is 1. The van der Waals surface area contributed by atoms with E-state index in [2.05, 4.69) is 24.3 Å². The first-order valence-corrected chi connectivity index (χ1v) is 8.24. The van der Waals surface area contributed by atoms with Crippen LogP contribution in [0, 0.1) is 56.2 Å². The second kappa shape index (κ2) is 6.70. The predicted molar refractivity (Wildman–Crippen MR) is 92.2 cm³/mol. The van der Waals surface area contributed by atoms with Crippen LogP contribution >= 0.6 is 0 Å². The molecule has 0 saturated carbocycles. The van der Waals surface area contributed by atoms with E-state index in [9.17, 15) is 21.0 Å². The molecule has 3 rings (SSSR count). The van der Waals surface area contributed by atoms with Crippen LogP contribution in [0.25, 0.3) is 0 Å². The Labute approximate surface area is 152 Å². The molecule has 26 heavy (non-hydrogen) atoms. The third-order valence-corrected chi connectivity index (χ3v) is 5.12. The van der Waals surface area contributed by atoms with Crippen molar-refractivity contribution in [2.45, 2.75) is 18.5 Å². The zero-order valence-corrected chi connectivity index (χ0v) is 14.0. The first-order valence-electron chi connectivity index (χ1n) is 8.24. The first kappa shape index (κ1) is 17.2. The molecule has 5 heteroatoms. The molecular weight excluding hydrogens is 322 g/mol. The molecule has 1 saturated heterocycles. The Hall–Kier alpha value is -3.64. The third kappa shape index (κ3) is 2.58.